The van der Waals surface area contributed by atoms with Gasteiger partial charge in [-0.2, -0.15) is 0 Å². The lowest BCUT2D eigenvalue weighted by atomic mass is 10.00. The Morgan fingerprint density at radius 1 is 0.933 bits per heavy atom. The van der Waals surface area contributed by atoms with Gasteiger partial charge < -0.3 is 9.80 Å². The second-order valence-corrected chi connectivity index (χ2v) is 7.77. The summed E-state index contributed by atoms with van der Waals surface area (Å²) in [5.74, 6) is -0.219. The molecule has 30 heavy (non-hydrogen) atoms. The summed E-state index contributed by atoms with van der Waals surface area (Å²) < 4.78 is 0. The van der Waals surface area contributed by atoms with E-state index in [0.29, 0.717) is 27.1 Å². The third-order valence-electron chi connectivity index (χ3n) is 4.94. The van der Waals surface area contributed by atoms with Gasteiger partial charge >= 0.3 is 0 Å². The van der Waals surface area contributed by atoms with Crippen LogP contribution in [0.25, 0.3) is 0 Å². The van der Waals surface area contributed by atoms with Crippen molar-refractivity contribution < 1.29 is 4.79 Å². The zero-order chi connectivity index (χ0) is 21.3. The van der Waals surface area contributed by atoms with Crippen LogP contribution in [0.5, 0.6) is 0 Å². The number of para-hydroxylation sites is 1. The van der Waals surface area contributed by atoms with Crippen molar-refractivity contribution in [2.75, 3.05) is 23.9 Å². The number of nitrogens with zero attached hydrogens (tertiary/aromatic N) is 3. The Bertz CT molecular complexity index is 1170. The molecule has 0 N–H and O–H groups in total. The van der Waals surface area contributed by atoms with Gasteiger partial charge in [0.25, 0.3) is 5.91 Å². The summed E-state index contributed by atoms with van der Waals surface area (Å²) in [7, 11) is 3.62. The quantitative estimate of drug-likeness (QED) is 0.488. The summed E-state index contributed by atoms with van der Waals surface area (Å²) >= 11 is 12.8. The zero-order valence-corrected chi connectivity index (χ0v) is 18.0. The van der Waals surface area contributed by atoms with Gasteiger partial charge in [0.05, 0.1) is 11.4 Å². The van der Waals surface area contributed by atoms with Crippen molar-refractivity contribution in [3.63, 3.8) is 0 Å². The topological polar surface area (TPSA) is 35.9 Å². The van der Waals surface area contributed by atoms with Crippen LogP contribution < -0.4 is 9.80 Å². The highest BCUT2D eigenvalue weighted by Crippen LogP contribution is 2.33. The van der Waals surface area contributed by atoms with Crippen LogP contribution >= 0.6 is 23.2 Å². The summed E-state index contributed by atoms with van der Waals surface area (Å²) in [5.41, 5.74) is 4.04. The summed E-state index contributed by atoms with van der Waals surface area (Å²) in [5, 5.41) is 1.11. The molecule has 0 atom stereocenters. The first-order chi connectivity index (χ1) is 14.5. The highest BCUT2D eigenvalue weighted by Gasteiger charge is 2.27. The van der Waals surface area contributed by atoms with Crippen LogP contribution in [0.15, 0.2) is 89.7 Å². The van der Waals surface area contributed by atoms with E-state index in [9.17, 15) is 4.79 Å². The van der Waals surface area contributed by atoms with E-state index in [4.69, 9.17) is 28.2 Å². The minimum atomic E-state index is -0.219. The Balaban J connectivity index is 1.93. The number of rotatable bonds is 3. The van der Waals surface area contributed by atoms with Crippen molar-refractivity contribution in [1.29, 1.82) is 0 Å². The number of benzodiazepines with no additional fused rings is 1. The smallest absolute Gasteiger partial charge is 0.278 e. The number of benzene rings is 3. The zero-order valence-electron chi connectivity index (χ0n) is 16.5. The second-order valence-electron chi connectivity index (χ2n) is 6.93. The molecule has 4 nitrogen and oxygen atoms in total. The maximum absolute atomic E-state index is 13.3. The molecule has 3 aromatic rings. The fraction of sp³-hybridized carbons (Fsp3) is 0.0833. The normalized spacial score (nSPS) is 14.9. The van der Waals surface area contributed by atoms with Crippen LogP contribution in [-0.2, 0) is 4.79 Å². The molecule has 0 unspecified atom stereocenters. The third kappa shape index (κ3) is 3.84. The number of halogens is 2. The minimum absolute atomic E-state index is 0.219. The fourth-order valence-electron chi connectivity index (χ4n) is 3.36. The van der Waals surface area contributed by atoms with E-state index >= 15 is 0 Å². The van der Waals surface area contributed by atoms with Gasteiger partial charge in [-0.3, -0.25) is 4.79 Å². The van der Waals surface area contributed by atoms with Crippen LogP contribution in [0.4, 0.5) is 11.4 Å². The Hall–Kier alpha value is -3.08. The van der Waals surface area contributed by atoms with Crippen molar-refractivity contribution in [1.82, 2.24) is 0 Å². The number of likely N-dealkylation sites (N-methyl/N-ethyl adjacent to an activating group) is 1. The number of carbonyl (C=O) groups is 1. The molecule has 4 rings (SSSR count). The molecule has 1 amide bonds. The van der Waals surface area contributed by atoms with Gasteiger partial charge in [-0.15, -0.1) is 0 Å². The molecule has 1 aliphatic rings. The van der Waals surface area contributed by atoms with Gasteiger partial charge in [0.15, 0.2) is 0 Å². The predicted octanol–water partition coefficient (Wildman–Crippen LogP) is 5.79. The lowest BCUT2D eigenvalue weighted by Crippen LogP contribution is -2.28. The predicted molar refractivity (Wildman–Crippen MR) is 125 cm³/mol. The van der Waals surface area contributed by atoms with Crippen molar-refractivity contribution in [3.8, 4) is 0 Å². The lowest BCUT2D eigenvalue weighted by molar-refractivity contribution is -0.114. The maximum atomic E-state index is 13.3. The molecule has 1 aliphatic heterocycles. The lowest BCUT2D eigenvalue weighted by Gasteiger charge is -2.19. The largest absolute Gasteiger partial charge is 0.349 e. The van der Waals surface area contributed by atoms with Crippen LogP contribution in [0.3, 0.4) is 0 Å². The summed E-state index contributed by atoms with van der Waals surface area (Å²) in [6, 6.07) is 22.6. The minimum Gasteiger partial charge on any atom is -0.349 e. The van der Waals surface area contributed by atoms with Crippen molar-refractivity contribution in [2.45, 2.75) is 0 Å². The Morgan fingerprint density at radius 3 is 2.37 bits per heavy atom. The van der Waals surface area contributed by atoms with Crippen LogP contribution in [0.1, 0.15) is 11.1 Å². The first kappa shape index (κ1) is 20.2. The van der Waals surface area contributed by atoms with Crippen LogP contribution in [0.2, 0.25) is 10.0 Å². The van der Waals surface area contributed by atoms with Gasteiger partial charge in [-0.25, -0.2) is 4.99 Å². The molecule has 0 saturated carbocycles. The average Bonchev–Trinajstić information content (AvgIpc) is 2.85. The SMILES string of the molecule is CN(C=C1N=C(c2ccccc2Cl)c2cc(Cl)ccc2N(C)C1=O)c1ccccc1. The van der Waals surface area contributed by atoms with Crippen LogP contribution in [-0.4, -0.2) is 25.7 Å². The van der Waals surface area contributed by atoms with Gasteiger partial charge in [0.2, 0.25) is 0 Å². The number of fused-ring (bicyclic) bond motifs is 1. The molecule has 3 aromatic carbocycles. The van der Waals surface area contributed by atoms with E-state index in [2.05, 4.69) is 0 Å². The number of hydrogen-bond donors (Lipinski definition) is 0. The van der Waals surface area contributed by atoms with E-state index in [1.165, 1.54) is 0 Å². The molecule has 0 radical (unpaired) electrons. The van der Waals surface area contributed by atoms with Gasteiger partial charge in [-0.1, -0.05) is 59.6 Å². The molecule has 6 heteroatoms. The number of amides is 1. The number of hydrogen-bond acceptors (Lipinski definition) is 3. The Morgan fingerprint density at radius 2 is 1.63 bits per heavy atom. The summed E-state index contributed by atoms with van der Waals surface area (Å²) in [6.45, 7) is 0. The first-order valence-corrected chi connectivity index (χ1v) is 10.1. The number of anilines is 2. The van der Waals surface area contributed by atoms with Crippen molar-refractivity contribution in [2.24, 2.45) is 4.99 Å². The van der Waals surface area contributed by atoms with Crippen molar-refractivity contribution in [3.05, 3.63) is 106 Å². The molecule has 0 aromatic heterocycles. The second kappa shape index (κ2) is 8.34. The van der Waals surface area contributed by atoms with Crippen molar-refractivity contribution >= 4 is 46.2 Å². The molecule has 150 valence electrons. The average molecular weight is 436 g/mol. The third-order valence-corrected chi connectivity index (χ3v) is 5.50. The number of carbonyl (C=O) groups excluding carboxylic acids is 1. The summed E-state index contributed by atoms with van der Waals surface area (Å²) in [4.78, 5) is 21.5. The first-order valence-electron chi connectivity index (χ1n) is 9.37. The number of aliphatic imine (C=N–C) groups is 1. The maximum Gasteiger partial charge on any atom is 0.278 e. The van der Waals surface area contributed by atoms with E-state index < -0.39 is 0 Å². The molecule has 0 fully saturated rings. The fourth-order valence-corrected chi connectivity index (χ4v) is 3.76. The highest BCUT2D eigenvalue weighted by atomic mass is 35.5. The Labute approximate surface area is 185 Å². The van der Waals surface area contributed by atoms with Crippen LogP contribution in [0, 0.1) is 0 Å². The van der Waals surface area contributed by atoms with E-state index in [-0.39, 0.29) is 5.91 Å². The highest BCUT2D eigenvalue weighted by molar-refractivity contribution is 6.37. The molecule has 0 aliphatic carbocycles. The Kier molecular flexibility index (Phi) is 5.62. The van der Waals surface area contributed by atoms with Gasteiger partial charge in [0.1, 0.15) is 5.70 Å². The summed E-state index contributed by atoms with van der Waals surface area (Å²) in [6.07, 6.45) is 1.73. The van der Waals surface area contributed by atoms with E-state index in [0.717, 1.165) is 16.8 Å². The molecular formula is C24H19Cl2N3O. The molecular weight excluding hydrogens is 417 g/mol. The van der Waals surface area contributed by atoms with E-state index in [1.807, 2.05) is 72.6 Å². The van der Waals surface area contributed by atoms with E-state index in [1.54, 1.807) is 30.3 Å². The van der Waals surface area contributed by atoms with Gasteiger partial charge in [-0.05, 0) is 36.4 Å². The van der Waals surface area contributed by atoms with Gasteiger partial charge in [0, 0.05) is 47.2 Å². The molecule has 0 spiro atoms. The molecule has 0 saturated heterocycles. The monoisotopic (exact) mass is 435 g/mol. The molecule has 0 bridgehead atoms. The standard InChI is InChI=1S/C24H19Cl2N3O/c1-28(17-8-4-3-5-9-17)15-21-24(30)29(2)22-13-12-16(25)14-19(22)23(27-21)18-10-6-7-11-20(18)26/h3-15H,1-2H3. The molecule has 1 heterocycles.